The highest BCUT2D eigenvalue weighted by Crippen LogP contribution is 2.47. The van der Waals surface area contributed by atoms with Crippen molar-refractivity contribution in [2.75, 3.05) is 30.2 Å². The molecule has 0 spiro atoms. The number of nitrogens with zero attached hydrogens (tertiary/aromatic N) is 4. The molecule has 0 saturated heterocycles. The Morgan fingerprint density at radius 3 is 2.00 bits per heavy atom. The van der Waals surface area contributed by atoms with Gasteiger partial charge in [-0.05, 0) is 20.3 Å². The van der Waals surface area contributed by atoms with Gasteiger partial charge >= 0.3 is 7.60 Å². The topological polar surface area (TPSA) is 95.2 Å². The Labute approximate surface area is 160 Å². The lowest BCUT2D eigenvalue weighted by molar-refractivity contribution is 0.219. The second-order valence-electron chi connectivity index (χ2n) is 6.11. The Morgan fingerprint density at radius 2 is 1.48 bits per heavy atom. The van der Waals surface area contributed by atoms with E-state index in [-0.39, 0.29) is 6.16 Å². The fraction of sp³-hybridized carbons (Fsp3) is 0.647. The molecular weight excluding hydrogens is 367 g/mol. The summed E-state index contributed by atoms with van der Waals surface area (Å²) in [5.41, 5.74) is 7.89. The first-order chi connectivity index (χ1) is 13.1. The first kappa shape index (κ1) is 21.5. The highest BCUT2D eigenvalue weighted by Gasteiger charge is 2.23. The Morgan fingerprint density at radius 1 is 0.926 bits per heavy atom. The number of hydrogen-bond acceptors (Lipinski definition) is 7. The number of hydrogen-bond donors (Lipinski definition) is 2. The highest BCUT2D eigenvalue weighted by molar-refractivity contribution is 7.53. The van der Waals surface area contributed by atoms with Crippen LogP contribution in [0.3, 0.4) is 0 Å². The van der Waals surface area contributed by atoms with Gasteiger partial charge in [-0.3, -0.25) is 24.8 Å². The molecule has 2 aromatic rings. The van der Waals surface area contributed by atoms with E-state index < -0.39 is 7.60 Å². The zero-order valence-corrected chi connectivity index (χ0v) is 17.3. The van der Waals surface area contributed by atoms with E-state index in [1.54, 1.807) is 30.9 Å². The van der Waals surface area contributed by atoms with E-state index in [9.17, 15) is 4.57 Å². The first-order valence-electron chi connectivity index (χ1n) is 9.53. The fourth-order valence-corrected chi connectivity index (χ4v) is 4.12. The van der Waals surface area contributed by atoms with Crippen molar-refractivity contribution < 1.29 is 13.6 Å². The second-order valence-corrected chi connectivity index (χ2v) is 8.30. The smallest absolute Gasteiger partial charge is 0.309 e. The summed E-state index contributed by atoms with van der Waals surface area (Å²) in [6, 6.07) is 0. The predicted octanol–water partition coefficient (Wildman–Crippen LogP) is 3.97. The normalized spacial score (nSPS) is 11.7. The van der Waals surface area contributed by atoms with E-state index in [0.29, 0.717) is 19.8 Å². The predicted molar refractivity (Wildman–Crippen MR) is 107 cm³/mol. The van der Waals surface area contributed by atoms with Crippen molar-refractivity contribution in [2.45, 2.75) is 53.1 Å². The van der Waals surface area contributed by atoms with Gasteiger partial charge in [0.25, 0.3) is 0 Å². The van der Waals surface area contributed by atoms with Gasteiger partial charge in [-0.2, -0.15) is 10.2 Å². The molecule has 0 amide bonds. The molecule has 0 aromatic carbocycles. The Bertz CT molecular complexity index is 707. The maximum Gasteiger partial charge on any atom is 0.332 e. The largest absolute Gasteiger partial charge is 0.332 e. The summed E-state index contributed by atoms with van der Waals surface area (Å²) in [6.07, 6.45) is 11.1. The van der Waals surface area contributed by atoms with Gasteiger partial charge in [0.15, 0.2) is 0 Å². The van der Waals surface area contributed by atoms with Crippen LogP contribution in [0.5, 0.6) is 0 Å². The van der Waals surface area contributed by atoms with Crippen molar-refractivity contribution in [3.63, 3.8) is 0 Å². The van der Waals surface area contributed by atoms with E-state index in [2.05, 4.69) is 28.0 Å². The summed E-state index contributed by atoms with van der Waals surface area (Å²) in [5.74, 6) is 0. The minimum atomic E-state index is -3.06. The minimum absolute atomic E-state index is 0.285. The third-order valence-electron chi connectivity index (χ3n) is 3.86. The molecule has 27 heavy (non-hydrogen) atoms. The summed E-state index contributed by atoms with van der Waals surface area (Å²) in [6.45, 7) is 7.89. The summed E-state index contributed by atoms with van der Waals surface area (Å²) in [7, 11) is -3.06. The van der Waals surface area contributed by atoms with Crippen molar-refractivity contribution in [1.82, 2.24) is 19.6 Å². The molecule has 0 atom stereocenters. The molecule has 2 rings (SSSR count). The van der Waals surface area contributed by atoms with E-state index >= 15 is 0 Å². The van der Waals surface area contributed by atoms with E-state index in [1.807, 2.05) is 17.1 Å². The third kappa shape index (κ3) is 7.36. The van der Waals surface area contributed by atoms with Gasteiger partial charge in [0.2, 0.25) is 0 Å². The standard InChI is InChI=1S/C17H31N6O3P/c1-4-7-8-9-22-14-16(12-18-22)20-21-17-13-19-23(15-17)10-11-27(24,25-5-2)26-6-3/h12-15,20-21H,4-11H2,1-3H3. The van der Waals surface area contributed by atoms with Gasteiger partial charge in [0.05, 0.1) is 49.7 Å². The number of anilines is 2. The van der Waals surface area contributed by atoms with Gasteiger partial charge in [0, 0.05) is 18.9 Å². The molecule has 2 N–H and O–H groups in total. The van der Waals surface area contributed by atoms with Crippen LogP contribution in [0.4, 0.5) is 11.4 Å². The molecule has 0 aliphatic carbocycles. The van der Waals surface area contributed by atoms with Crippen molar-refractivity contribution in [1.29, 1.82) is 0 Å². The van der Waals surface area contributed by atoms with Gasteiger partial charge in [-0.1, -0.05) is 19.8 Å². The lowest BCUT2D eigenvalue weighted by atomic mass is 10.2. The molecule has 0 radical (unpaired) electrons. The number of nitrogens with one attached hydrogen (secondary N) is 2. The number of hydrazine groups is 1. The molecular formula is C17H31N6O3P. The SMILES string of the molecule is CCCCCn1cc(NNc2cnn(CCP(=O)(OCC)OCC)c2)cn1. The molecule has 0 saturated carbocycles. The van der Waals surface area contributed by atoms with Gasteiger partial charge in [0.1, 0.15) is 0 Å². The van der Waals surface area contributed by atoms with Gasteiger partial charge < -0.3 is 9.05 Å². The summed E-state index contributed by atoms with van der Waals surface area (Å²) >= 11 is 0. The zero-order chi connectivity index (χ0) is 19.5. The first-order valence-corrected chi connectivity index (χ1v) is 11.3. The number of rotatable bonds is 14. The average molecular weight is 398 g/mol. The molecule has 0 bridgehead atoms. The van der Waals surface area contributed by atoms with Crippen molar-refractivity contribution in [3.8, 4) is 0 Å². The zero-order valence-electron chi connectivity index (χ0n) is 16.4. The van der Waals surface area contributed by atoms with Crippen LogP contribution >= 0.6 is 7.60 Å². The van der Waals surface area contributed by atoms with Crippen molar-refractivity contribution in [3.05, 3.63) is 24.8 Å². The Kier molecular flexibility index (Phi) is 8.84. The number of aromatic nitrogens is 4. The van der Waals surface area contributed by atoms with Crippen LogP contribution in [0.1, 0.15) is 40.0 Å². The van der Waals surface area contributed by atoms with E-state index in [4.69, 9.17) is 9.05 Å². The summed E-state index contributed by atoms with van der Waals surface area (Å²) < 4.78 is 26.7. The van der Waals surface area contributed by atoms with Crippen LogP contribution in [0.2, 0.25) is 0 Å². The number of unbranched alkanes of at least 4 members (excludes halogenated alkanes) is 2. The molecule has 0 aliphatic heterocycles. The summed E-state index contributed by atoms with van der Waals surface area (Å²) in [4.78, 5) is 0. The molecule has 9 nitrogen and oxygen atoms in total. The monoisotopic (exact) mass is 398 g/mol. The average Bonchev–Trinajstić information content (AvgIpc) is 3.28. The molecule has 2 heterocycles. The molecule has 152 valence electrons. The van der Waals surface area contributed by atoms with Crippen LogP contribution < -0.4 is 10.9 Å². The van der Waals surface area contributed by atoms with Crippen LogP contribution in [0.25, 0.3) is 0 Å². The fourth-order valence-electron chi connectivity index (χ4n) is 2.55. The van der Waals surface area contributed by atoms with Crippen molar-refractivity contribution >= 4 is 19.0 Å². The van der Waals surface area contributed by atoms with Crippen LogP contribution in [0.15, 0.2) is 24.8 Å². The van der Waals surface area contributed by atoms with Gasteiger partial charge in [-0.15, -0.1) is 0 Å². The molecule has 0 fully saturated rings. The van der Waals surface area contributed by atoms with Crippen LogP contribution in [0, 0.1) is 0 Å². The van der Waals surface area contributed by atoms with Gasteiger partial charge in [-0.25, -0.2) is 0 Å². The lowest BCUT2D eigenvalue weighted by Crippen LogP contribution is -2.09. The maximum absolute atomic E-state index is 12.5. The molecule has 2 aromatic heterocycles. The lowest BCUT2D eigenvalue weighted by Gasteiger charge is -2.16. The van der Waals surface area contributed by atoms with Crippen molar-refractivity contribution in [2.24, 2.45) is 0 Å². The Balaban J connectivity index is 1.79. The molecule has 0 unspecified atom stereocenters. The second kappa shape index (κ2) is 11.1. The molecule has 10 heteroatoms. The minimum Gasteiger partial charge on any atom is -0.309 e. The van der Waals surface area contributed by atoms with Crippen LogP contribution in [-0.4, -0.2) is 38.9 Å². The van der Waals surface area contributed by atoms with E-state index in [1.165, 1.54) is 12.8 Å². The highest BCUT2D eigenvalue weighted by atomic mass is 31.2. The third-order valence-corrected chi connectivity index (χ3v) is 5.91. The maximum atomic E-state index is 12.5. The quantitative estimate of drug-likeness (QED) is 0.282. The molecule has 0 aliphatic rings. The van der Waals surface area contributed by atoms with E-state index in [0.717, 1.165) is 24.3 Å². The van der Waals surface area contributed by atoms with Crippen LogP contribution in [-0.2, 0) is 26.7 Å². The summed E-state index contributed by atoms with van der Waals surface area (Å²) in [5, 5.41) is 8.60. The number of aryl methyl sites for hydroxylation is 2. The Hall–Kier alpha value is -1.83.